The maximum absolute atomic E-state index is 11.0. The summed E-state index contributed by atoms with van der Waals surface area (Å²) in [5, 5.41) is 8.93. The van der Waals surface area contributed by atoms with Gasteiger partial charge in [-0.25, -0.2) is 8.42 Å². The van der Waals surface area contributed by atoms with Gasteiger partial charge >= 0.3 is 0 Å². The molecule has 0 aliphatic heterocycles. The lowest BCUT2D eigenvalue weighted by molar-refractivity contribution is 0.475. The van der Waals surface area contributed by atoms with Gasteiger partial charge in [0.15, 0.2) is 0 Å². The minimum absolute atomic E-state index is 0.0989. The Morgan fingerprint density at radius 3 is 2.31 bits per heavy atom. The smallest absolute Gasteiger partial charge is 0.242 e. The van der Waals surface area contributed by atoms with Crippen LogP contribution in [-0.2, 0) is 10.0 Å². The molecule has 4 nitrogen and oxygen atoms in total. The number of anilines is 1. The summed E-state index contributed by atoms with van der Waals surface area (Å²) in [6.45, 7) is 0. The van der Waals surface area contributed by atoms with Crippen LogP contribution in [0, 0.1) is 0 Å². The molecule has 6 heteroatoms. The number of phenols is 1. The zero-order valence-corrected chi connectivity index (χ0v) is 8.97. The number of benzene rings is 1. The standard InChI is InChI=1S/C7H8BrNO3S/c8-5-13(11,12)9-6-1-3-7(10)4-2-6/h1-4,9-10H,5H2. The molecule has 0 unspecified atom stereocenters. The van der Waals surface area contributed by atoms with Gasteiger partial charge in [0.2, 0.25) is 10.0 Å². The fourth-order valence-corrected chi connectivity index (χ4v) is 1.63. The van der Waals surface area contributed by atoms with E-state index in [-0.39, 0.29) is 10.4 Å². The van der Waals surface area contributed by atoms with Crippen LogP contribution in [0.25, 0.3) is 0 Å². The highest BCUT2D eigenvalue weighted by Gasteiger charge is 2.06. The lowest BCUT2D eigenvalue weighted by atomic mass is 10.3. The van der Waals surface area contributed by atoms with E-state index in [2.05, 4.69) is 20.7 Å². The number of alkyl halides is 1. The third-order valence-electron chi connectivity index (χ3n) is 1.28. The van der Waals surface area contributed by atoms with E-state index in [0.717, 1.165) is 0 Å². The van der Waals surface area contributed by atoms with E-state index in [1.807, 2.05) is 0 Å². The lowest BCUT2D eigenvalue weighted by Gasteiger charge is -2.04. The predicted molar refractivity (Wildman–Crippen MR) is 54.4 cm³/mol. The van der Waals surface area contributed by atoms with Gasteiger partial charge in [-0.1, -0.05) is 15.9 Å². The summed E-state index contributed by atoms with van der Waals surface area (Å²) >= 11 is 2.84. The molecule has 1 aromatic rings. The van der Waals surface area contributed by atoms with Crippen molar-refractivity contribution in [1.82, 2.24) is 0 Å². The second-order valence-electron chi connectivity index (χ2n) is 2.37. The average Bonchev–Trinajstić information content (AvgIpc) is 2.09. The maximum atomic E-state index is 11.0. The van der Waals surface area contributed by atoms with Crippen molar-refractivity contribution in [3.8, 4) is 5.75 Å². The highest BCUT2D eigenvalue weighted by Crippen LogP contribution is 2.15. The number of rotatable bonds is 3. The van der Waals surface area contributed by atoms with Gasteiger partial charge in [0.25, 0.3) is 0 Å². The first-order valence-corrected chi connectivity index (χ1v) is 6.16. The molecule has 1 aromatic carbocycles. The van der Waals surface area contributed by atoms with Crippen LogP contribution >= 0.6 is 15.9 Å². The van der Waals surface area contributed by atoms with E-state index in [9.17, 15) is 8.42 Å². The molecule has 0 bridgehead atoms. The van der Waals surface area contributed by atoms with Crippen LogP contribution in [0.2, 0.25) is 0 Å². The quantitative estimate of drug-likeness (QED) is 0.643. The molecule has 0 saturated heterocycles. The number of sulfonamides is 1. The first-order chi connectivity index (χ1) is 6.03. The molecule has 0 spiro atoms. The molecule has 0 fully saturated rings. The molecule has 0 amide bonds. The lowest BCUT2D eigenvalue weighted by Crippen LogP contribution is -2.12. The number of phenolic OH excluding ortho intramolecular Hbond substituents is 1. The molecule has 0 aliphatic rings. The van der Waals surface area contributed by atoms with Crippen LogP contribution in [0.15, 0.2) is 24.3 Å². The summed E-state index contributed by atoms with van der Waals surface area (Å²) in [5.74, 6) is 0.0989. The van der Waals surface area contributed by atoms with Gasteiger partial charge < -0.3 is 5.11 Å². The number of halogens is 1. The molecule has 2 N–H and O–H groups in total. The van der Waals surface area contributed by atoms with E-state index in [1.165, 1.54) is 24.3 Å². The van der Waals surface area contributed by atoms with Crippen LogP contribution in [0.4, 0.5) is 5.69 Å². The minimum Gasteiger partial charge on any atom is -0.508 e. The van der Waals surface area contributed by atoms with Gasteiger partial charge in [0.1, 0.15) is 10.4 Å². The molecular weight excluding hydrogens is 258 g/mol. The summed E-state index contributed by atoms with van der Waals surface area (Å²) in [7, 11) is -3.30. The molecule has 0 aliphatic carbocycles. The Morgan fingerprint density at radius 2 is 1.85 bits per heavy atom. The van der Waals surface area contributed by atoms with Gasteiger partial charge in [-0.3, -0.25) is 4.72 Å². The summed E-state index contributed by atoms with van der Waals surface area (Å²) in [6, 6.07) is 5.78. The summed E-state index contributed by atoms with van der Waals surface area (Å²) in [6.07, 6.45) is 0. The van der Waals surface area contributed by atoms with Crippen molar-refractivity contribution in [2.24, 2.45) is 0 Å². The molecule has 0 aromatic heterocycles. The van der Waals surface area contributed by atoms with E-state index >= 15 is 0 Å². The highest BCUT2D eigenvalue weighted by atomic mass is 79.9. The second-order valence-corrected chi connectivity index (χ2v) is 5.40. The van der Waals surface area contributed by atoms with Crippen molar-refractivity contribution >= 4 is 31.6 Å². The minimum atomic E-state index is -3.30. The van der Waals surface area contributed by atoms with Gasteiger partial charge in [-0.05, 0) is 24.3 Å². The Morgan fingerprint density at radius 1 is 1.31 bits per heavy atom. The number of hydrogen-bond donors (Lipinski definition) is 2. The van der Waals surface area contributed by atoms with Crippen molar-refractivity contribution in [3.05, 3.63) is 24.3 Å². The molecule has 0 atom stereocenters. The third-order valence-corrected chi connectivity index (χ3v) is 3.93. The van der Waals surface area contributed by atoms with E-state index < -0.39 is 10.0 Å². The maximum Gasteiger partial charge on any atom is 0.242 e. The average molecular weight is 266 g/mol. The van der Waals surface area contributed by atoms with E-state index in [4.69, 9.17) is 5.11 Å². The SMILES string of the molecule is O=S(=O)(CBr)Nc1ccc(O)cc1. The summed E-state index contributed by atoms with van der Waals surface area (Å²) < 4.78 is 24.2. The fourth-order valence-electron chi connectivity index (χ4n) is 0.736. The largest absolute Gasteiger partial charge is 0.508 e. The number of aromatic hydroxyl groups is 1. The van der Waals surface area contributed by atoms with E-state index in [1.54, 1.807) is 0 Å². The van der Waals surface area contributed by atoms with Crippen LogP contribution in [0.5, 0.6) is 5.75 Å². The second kappa shape index (κ2) is 3.97. The summed E-state index contributed by atoms with van der Waals surface area (Å²) in [5.41, 5.74) is 0.428. The fraction of sp³-hybridized carbons (Fsp3) is 0.143. The van der Waals surface area contributed by atoms with Crippen LogP contribution in [0.3, 0.4) is 0 Å². The Kier molecular flexibility index (Phi) is 3.16. The van der Waals surface area contributed by atoms with Gasteiger partial charge in [-0.2, -0.15) is 0 Å². The van der Waals surface area contributed by atoms with Gasteiger partial charge in [0, 0.05) is 5.69 Å². The molecule has 0 heterocycles. The Labute approximate surface area is 84.8 Å². The van der Waals surface area contributed by atoms with Crippen LogP contribution in [-0.4, -0.2) is 18.2 Å². The van der Waals surface area contributed by atoms with Crippen molar-refractivity contribution in [2.45, 2.75) is 0 Å². The highest BCUT2D eigenvalue weighted by molar-refractivity contribution is 9.10. The molecule has 72 valence electrons. The monoisotopic (exact) mass is 265 g/mol. The van der Waals surface area contributed by atoms with Crippen molar-refractivity contribution in [2.75, 3.05) is 9.38 Å². The van der Waals surface area contributed by atoms with Gasteiger partial charge in [-0.15, -0.1) is 0 Å². The zero-order valence-electron chi connectivity index (χ0n) is 6.57. The van der Waals surface area contributed by atoms with Crippen LogP contribution < -0.4 is 4.72 Å². The molecule has 0 radical (unpaired) electrons. The Balaban J connectivity index is 2.82. The Bertz CT molecular complexity index is 373. The molecule has 1 rings (SSSR count). The Hall–Kier alpha value is -0.750. The van der Waals surface area contributed by atoms with Crippen molar-refractivity contribution in [3.63, 3.8) is 0 Å². The first kappa shape index (κ1) is 10.3. The molecule has 0 saturated carbocycles. The topological polar surface area (TPSA) is 66.4 Å². The van der Waals surface area contributed by atoms with Gasteiger partial charge in [0.05, 0.1) is 0 Å². The predicted octanol–water partition coefficient (Wildman–Crippen LogP) is 1.49. The zero-order chi connectivity index (χ0) is 9.90. The van der Waals surface area contributed by atoms with Crippen LogP contribution in [0.1, 0.15) is 0 Å². The third kappa shape index (κ3) is 3.23. The normalized spacial score (nSPS) is 11.2. The molecular formula is C7H8BrNO3S. The number of nitrogens with one attached hydrogen (secondary N) is 1. The van der Waals surface area contributed by atoms with E-state index in [0.29, 0.717) is 5.69 Å². The number of hydrogen-bond acceptors (Lipinski definition) is 3. The first-order valence-electron chi connectivity index (χ1n) is 3.39. The van der Waals surface area contributed by atoms with Crippen molar-refractivity contribution < 1.29 is 13.5 Å². The summed E-state index contributed by atoms with van der Waals surface area (Å²) in [4.78, 5) is 0. The molecule has 13 heavy (non-hydrogen) atoms. The van der Waals surface area contributed by atoms with Crippen molar-refractivity contribution in [1.29, 1.82) is 0 Å².